The summed E-state index contributed by atoms with van der Waals surface area (Å²) in [6, 6.07) is 7.11. The van der Waals surface area contributed by atoms with E-state index in [1.54, 1.807) is 18.3 Å². The van der Waals surface area contributed by atoms with Gasteiger partial charge in [0.1, 0.15) is 9.39 Å². The molecule has 2 aromatic rings. The van der Waals surface area contributed by atoms with Crippen LogP contribution in [-0.4, -0.2) is 22.2 Å². The van der Waals surface area contributed by atoms with Gasteiger partial charge >= 0.3 is 0 Å². The van der Waals surface area contributed by atoms with Crippen LogP contribution in [0.3, 0.4) is 0 Å². The van der Waals surface area contributed by atoms with Gasteiger partial charge in [-0.2, -0.15) is 0 Å². The van der Waals surface area contributed by atoms with E-state index in [1.807, 2.05) is 12.1 Å². The smallest absolute Gasteiger partial charge is 0.186 e. The van der Waals surface area contributed by atoms with E-state index in [9.17, 15) is 5.11 Å². The van der Waals surface area contributed by atoms with Gasteiger partial charge in [0.05, 0.1) is 12.8 Å². The molecule has 0 unspecified atom stereocenters. The summed E-state index contributed by atoms with van der Waals surface area (Å²) in [7, 11) is 1.51. The van der Waals surface area contributed by atoms with Crippen LogP contribution in [0.2, 0.25) is 0 Å². The van der Waals surface area contributed by atoms with Gasteiger partial charge in [-0.3, -0.25) is 4.98 Å². The first-order chi connectivity index (χ1) is 7.72. The molecular formula is C11H9IN2O2. The van der Waals surface area contributed by atoms with Crippen molar-refractivity contribution in [1.29, 1.82) is 0 Å². The van der Waals surface area contributed by atoms with E-state index < -0.39 is 0 Å². The van der Waals surface area contributed by atoms with Gasteiger partial charge in [-0.1, -0.05) is 6.07 Å². The number of halogens is 1. The highest BCUT2D eigenvalue weighted by atomic mass is 127. The second-order valence-electron chi connectivity index (χ2n) is 3.06. The molecule has 0 saturated carbocycles. The summed E-state index contributed by atoms with van der Waals surface area (Å²) in [5.41, 5.74) is 1.06. The van der Waals surface area contributed by atoms with Gasteiger partial charge in [-0.15, -0.1) is 0 Å². The fourth-order valence-electron chi connectivity index (χ4n) is 1.32. The number of hydrogen-bond acceptors (Lipinski definition) is 4. The van der Waals surface area contributed by atoms with Crippen LogP contribution in [0.25, 0.3) is 11.4 Å². The molecule has 0 aliphatic carbocycles. The predicted octanol–water partition coefficient (Wildman–Crippen LogP) is 2.46. The highest BCUT2D eigenvalue weighted by Crippen LogP contribution is 2.35. The lowest BCUT2D eigenvalue weighted by Gasteiger charge is -2.08. The Labute approximate surface area is 106 Å². The van der Waals surface area contributed by atoms with Gasteiger partial charge < -0.3 is 9.84 Å². The van der Waals surface area contributed by atoms with Crippen molar-refractivity contribution in [3.63, 3.8) is 0 Å². The van der Waals surface area contributed by atoms with Crippen molar-refractivity contribution >= 4 is 22.6 Å². The van der Waals surface area contributed by atoms with Crippen molar-refractivity contribution in [3.8, 4) is 22.9 Å². The number of nitrogens with zero attached hydrogens (tertiary/aromatic N) is 2. The van der Waals surface area contributed by atoms with E-state index >= 15 is 0 Å². The Balaban J connectivity index is 2.61. The largest absolute Gasteiger partial charge is 0.503 e. The quantitative estimate of drug-likeness (QED) is 0.680. The van der Waals surface area contributed by atoms with E-state index in [2.05, 4.69) is 32.6 Å². The van der Waals surface area contributed by atoms with Crippen molar-refractivity contribution in [2.24, 2.45) is 0 Å². The number of methoxy groups -OCH3 is 1. The lowest BCUT2D eigenvalue weighted by atomic mass is 10.2. The molecule has 0 fully saturated rings. The molecule has 1 N–H and O–H groups in total. The summed E-state index contributed by atoms with van der Waals surface area (Å²) >= 11 is 2.07. The van der Waals surface area contributed by atoms with Crippen LogP contribution in [0.4, 0.5) is 0 Å². The van der Waals surface area contributed by atoms with E-state index in [4.69, 9.17) is 4.74 Å². The van der Waals surface area contributed by atoms with Crippen molar-refractivity contribution < 1.29 is 9.84 Å². The van der Waals surface area contributed by atoms with Crippen LogP contribution in [0, 0.1) is 3.70 Å². The fraction of sp³-hybridized carbons (Fsp3) is 0.0909. The first-order valence-electron chi connectivity index (χ1n) is 4.57. The molecule has 2 heterocycles. The molecular weight excluding hydrogens is 319 g/mol. The van der Waals surface area contributed by atoms with Gasteiger partial charge in [0.15, 0.2) is 11.5 Å². The molecule has 0 radical (unpaired) electrons. The number of aromatic nitrogens is 2. The average Bonchev–Trinajstić information content (AvgIpc) is 2.33. The lowest BCUT2D eigenvalue weighted by molar-refractivity contribution is 0.372. The number of pyridine rings is 2. The third-order valence-corrected chi connectivity index (χ3v) is 2.61. The minimum absolute atomic E-state index is 0.0154. The molecule has 2 aromatic heterocycles. The zero-order valence-electron chi connectivity index (χ0n) is 8.51. The Bertz CT molecular complexity index is 503. The maximum atomic E-state index is 9.94. The van der Waals surface area contributed by atoms with Crippen molar-refractivity contribution in [1.82, 2.24) is 9.97 Å². The molecule has 2 rings (SSSR count). The minimum Gasteiger partial charge on any atom is -0.503 e. The molecule has 4 nitrogen and oxygen atoms in total. The zero-order chi connectivity index (χ0) is 11.5. The second kappa shape index (κ2) is 4.65. The summed E-state index contributed by atoms with van der Waals surface area (Å²) in [6.07, 6.45) is 1.66. The molecule has 82 valence electrons. The number of hydrogen-bond donors (Lipinski definition) is 1. The van der Waals surface area contributed by atoms with Crippen LogP contribution in [0.1, 0.15) is 0 Å². The van der Waals surface area contributed by atoms with Crippen LogP contribution < -0.4 is 4.74 Å². The summed E-state index contributed by atoms with van der Waals surface area (Å²) in [5, 5.41) is 9.94. The molecule has 0 bridgehead atoms. The molecule has 0 amide bonds. The summed E-state index contributed by atoms with van der Waals surface area (Å²) in [6.45, 7) is 0. The molecule has 5 heteroatoms. The number of aromatic hydroxyl groups is 1. The number of ether oxygens (including phenoxy) is 1. The summed E-state index contributed by atoms with van der Waals surface area (Å²) < 4.78 is 5.81. The third kappa shape index (κ3) is 2.08. The predicted molar refractivity (Wildman–Crippen MR) is 68.4 cm³/mol. The Morgan fingerprint density at radius 2 is 2.19 bits per heavy atom. The number of rotatable bonds is 2. The molecule has 0 atom stereocenters. The minimum atomic E-state index is 0.0154. The maximum Gasteiger partial charge on any atom is 0.186 e. The van der Waals surface area contributed by atoms with Gasteiger partial charge in [0.2, 0.25) is 0 Å². The third-order valence-electron chi connectivity index (χ3n) is 2.05. The average molecular weight is 328 g/mol. The second-order valence-corrected chi connectivity index (χ2v) is 4.16. The van der Waals surface area contributed by atoms with Crippen LogP contribution in [-0.2, 0) is 0 Å². The van der Waals surface area contributed by atoms with Crippen molar-refractivity contribution in [3.05, 3.63) is 34.2 Å². The molecule has 0 aliphatic heterocycles. The standard InChI is InChI=1S/C11H9IN2O2/c1-16-8-6-9(12)14-10(11(8)15)7-4-2-3-5-13-7/h2-6,15H,1H3. The first-order valence-corrected chi connectivity index (χ1v) is 5.65. The Hall–Kier alpha value is -1.37. The van der Waals surface area contributed by atoms with Crippen LogP contribution >= 0.6 is 22.6 Å². The first kappa shape index (κ1) is 11.1. The zero-order valence-corrected chi connectivity index (χ0v) is 10.7. The maximum absolute atomic E-state index is 9.94. The van der Waals surface area contributed by atoms with E-state index in [0.29, 0.717) is 17.1 Å². The van der Waals surface area contributed by atoms with Gasteiger partial charge in [-0.05, 0) is 34.7 Å². The Morgan fingerprint density at radius 1 is 1.38 bits per heavy atom. The molecule has 0 saturated heterocycles. The Morgan fingerprint density at radius 3 is 2.81 bits per heavy atom. The molecule has 0 aliphatic rings. The fourth-order valence-corrected chi connectivity index (χ4v) is 1.85. The summed E-state index contributed by atoms with van der Waals surface area (Å²) in [5.74, 6) is 0.418. The van der Waals surface area contributed by atoms with E-state index in [-0.39, 0.29) is 5.75 Å². The summed E-state index contributed by atoms with van der Waals surface area (Å²) in [4.78, 5) is 8.39. The lowest BCUT2D eigenvalue weighted by Crippen LogP contribution is -1.93. The van der Waals surface area contributed by atoms with Crippen molar-refractivity contribution in [2.75, 3.05) is 7.11 Å². The monoisotopic (exact) mass is 328 g/mol. The van der Waals surface area contributed by atoms with E-state index in [1.165, 1.54) is 7.11 Å². The molecule has 0 spiro atoms. The van der Waals surface area contributed by atoms with Gasteiger partial charge in [-0.25, -0.2) is 4.98 Å². The SMILES string of the molecule is COc1cc(I)nc(-c2ccccn2)c1O. The highest BCUT2D eigenvalue weighted by Gasteiger charge is 2.13. The van der Waals surface area contributed by atoms with Crippen LogP contribution in [0.15, 0.2) is 30.5 Å². The normalized spacial score (nSPS) is 10.1. The molecule has 0 aromatic carbocycles. The van der Waals surface area contributed by atoms with E-state index in [0.717, 1.165) is 3.70 Å². The Kier molecular flexibility index (Phi) is 3.23. The molecule has 16 heavy (non-hydrogen) atoms. The van der Waals surface area contributed by atoms with Crippen LogP contribution in [0.5, 0.6) is 11.5 Å². The highest BCUT2D eigenvalue weighted by molar-refractivity contribution is 14.1. The van der Waals surface area contributed by atoms with Gasteiger partial charge in [0.25, 0.3) is 0 Å². The topological polar surface area (TPSA) is 55.2 Å². The van der Waals surface area contributed by atoms with Gasteiger partial charge in [0, 0.05) is 12.3 Å². The van der Waals surface area contributed by atoms with Crippen molar-refractivity contribution in [2.45, 2.75) is 0 Å².